The second-order valence-corrected chi connectivity index (χ2v) is 10.5. The van der Waals surface area contributed by atoms with Crippen LogP contribution in [0.25, 0.3) is 0 Å². The smallest absolute Gasteiger partial charge is 0.270 e. The van der Waals surface area contributed by atoms with Gasteiger partial charge in [-0.1, -0.05) is 39.0 Å². The van der Waals surface area contributed by atoms with Gasteiger partial charge in [0.1, 0.15) is 18.1 Å². The Morgan fingerprint density at radius 3 is 2.79 bits per heavy atom. The maximum absolute atomic E-state index is 12.7. The number of nitrogens with one attached hydrogen (secondary N) is 2. The van der Waals surface area contributed by atoms with Crippen LogP contribution < -0.4 is 15.4 Å². The third kappa shape index (κ3) is 7.02. The number of amides is 1. The lowest BCUT2D eigenvalue weighted by Gasteiger charge is -2.26. The van der Waals surface area contributed by atoms with E-state index in [4.69, 9.17) is 9.47 Å². The van der Waals surface area contributed by atoms with Crippen LogP contribution in [0.1, 0.15) is 67.2 Å². The summed E-state index contributed by atoms with van der Waals surface area (Å²) in [5, 5.41) is 6.71. The minimum absolute atomic E-state index is 0.128. The summed E-state index contributed by atoms with van der Waals surface area (Å²) in [4.78, 5) is 17.0. The van der Waals surface area contributed by atoms with Gasteiger partial charge in [0.05, 0.1) is 12.3 Å². The summed E-state index contributed by atoms with van der Waals surface area (Å²) in [5.41, 5.74) is 4.77. The third-order valence-electron chi connectivity index (χ3n) is 6.25. The number of aromatic nitrogens is 1. The largest absolute Gasteiger partial charge is 0.489 e. The van der Waals surface area contributed by atoms with E-state index in [1.54, 1.807) is 12.3 Å². The fourth-order valence-electron chi connectivity index (χ4n) is 4.45. The van der Waals surface area contributed by atoms with Gasteiger partial charge in [-0.05, 0) is 66.3 Å². The highest BCUT2D eigenvalue weighted by Crippen LogP contribution is 2.23. The first-order valence-corrected chi connectivity index (χ1v) is 12.2. The highest BCUT2D eigenvalue weighted by Gasteiger charge is 2.22. The first-order valence-electron chi connectivity index (χ1n) is 12.2. The van der Waals surface area contributed by atoms with Gasteiger partial charge in [0.25, 0.3) is 5.91 Å². The van der Waals surface area contributed by atoms with E-state index in [0.29, 0.717) is 18.1 Å². The normalized spacial score (nSPS) is 20.3. The van der Waals surface area contributed by atoms with Crippen LogP contribution in [0.15, 0.2) is 36.5 Å². The predicted molar refractivity (Wildman–Crippen MR) is 130 cm³/mol. The molecule has 1 aliphatic carbocycles. The molecule has 6 heteroatoms. The molecule has 0 radical (unpaired) electrons. The van der Waals surface area contributed by atoms with Crippen molar-refractivity contribution < 1.29 is 14.3 Å². The van der Waals surface area contributed by atoms with E-state index in [1.165, 1.54) is 16.7 Å². The van der Waals surface area contributed by atoms with E-state index < -0.39 is 0 Å². The molecule has 0 spiro atoms. The van der Waals surface area contributed by atoms with Crippen LogP contribution in [0.5, 0.6) is 5.75 Å². The summed E-state index contributed by atoms with van der Waals surface area (Å²) in [5.74, 6) is 0.540. The van der Waals surface area contributed by atoms with E-state index in [1.807, 2.05) is 6.07 Å². The highest BCUT2D eigenvalue weighted by atomic mass is 16.5. The molecule has 0 unspecified atom stereocenters. The zero-order valence-corrected chi connectivity index (χ0v) is 20.2. The van der Waals surface area contributed by atoms with Crippen molar-refractivity contribution >= 4 is 5.91 Å². The van der Waals surface area contributed by atoms with Gasteiger partial charge in [-0.25, -0.2) is 4.98 Å². The number of carbonyl (C=O) groups excluding carboxylic acids is 1. The van der Waals surface area contributed by atoms with E-state index in [2.05, 4.69) is 54.6 Å². The Morgan fingerprint density at radius 1 is 1.18 bits per heavy atom. The number of carbonyl (C=O) groups is 1. The fourth-order valence-corrected chi connectivity index (χ4v) is 4.45. The molecule has 1 saturated heterocycles. The second kappa shape index (κ2) is 10.7. The number of pyridine rings is 1. The van der Waals surface area contributed by atoms with E-state index in [0.717, 1.165) is 51.8 Å². The molecule has 4 rings (SSSR count). The van der Waals surface area contributed by atoms with Crippen molar-refractivity contribution in [3.05, 3.63) is 58.9 Å². The Balaban J connectivity index is 1.26. The van der Waals surface area contributed by atoms with Crippen molar-refractivity contribution in [3.8, 4) is 5.75 Å². The first-order chi connectivity index (χ1) is 15.9. The lowest BCUT2D eigenvalue weighted by Crippen LogP contribution is -2.39. The summed E-state index contributed by atoms with van der Waals surface area (Å²) in [6, 6.07) is 10.4. The van der Waals surface area contributed by atoms with Gasteiger partial charge in [0, 0.05) is 25.7 Å². The number of benzene rings is 1. The number of ether oxygens (including phenoxy) is 2. The van der Waals surface area contributed by atoms with Gasteiger partial charge in [-0.15, -0.1) is 0 Å². The maximum Gasteiger partial charge on any atom is 0.270 e. The number of nitrogens with zero attached hydrogens (tertiary/aromatic N) is 1. The molecule has 1 amide bonds. The summed E-state index contributed by atoms with van der Waals surface area (Å²) in [6.45, 7) is 9.96. The molecule has 0 bridgehead atoms. The van der Waals surface area contributed by atoms with Crippen molar-refractivity contribution in [2.75, 3.05) is 19.8 Å². The molecule has 1 aromatic carbocycles. The van der Waals surface area contributed by atoms with Gasteiger partial charge in [-0.3, -0.25) is 4.79 Å². The second-order valence-electron chi connectivity index (χ2n) is 10.5. The number of rotatable bonds is 8. The molecule has 2 atom stereocenters. The Morgan fingerprint density at radius 2 is 2.06 bits per heavy atom. The first kappa shape index (κ1) is 23.7. The van der Waals surface area contributed by atoms with Gasteiger partial charge in [0.2, 0.25) is 0 Å². The summed E-state index contributed by atoms with van der Waals surface area (Å²) < 4.78 is 11.3. The lowest BCUT2D eigenvalue weighted by atomic mass is 9.87. The number of fused-ring (bicyclic) bond motifs is 1. The van der Waals surface area contributed by atoms with Crippen molar-refractivity contribution in [2.24, 2.45) is 5.41 Å². The molecular weight excluding hydrogens is 414 g/mol. The van der Waals surface area contributed by atoms with Gasteiger partial charge in [-0.2, -0.15) is 0 Å². The molecule has 2 N–H and O–H groups in total. The van der Waals surface area contributed by atoms with Crippen LogP contribution >= 0.6 is 0 Å². The summed E-state index contributed by atoms with van der Waals surface area (Å²) in [6.07, 6.45) is 6.70. The number of hydrogen-bond donors (Lipinski definition) is 2. The molecule has 33 heavy (non-hydrogen) atoms. The van der Waals surface area contributed by atoms with Crippen LogP contribution in [0.4, 0.5) is 0 Å². The average molecular weight is 452 g/mol. The van der Waals surface area contributed by atoms with Gasteiger partial charge >= 0.3 is 0 Å². The Kier molecular flexibility index (Phi) is 7.66. The molecule has 178 valence electrons. The van der Waals surface area contributed by atoms with Crippen LogP contribution in [-0.2, 0) is 24.1 Å². The molecule has 1 aromatic heterocycles. The average Bonchev–Trinajstić information content (AvgIpc) is 3.31. The Bertz CT molecular complexity index is 931. The van der Waals surface area contributed by atoms with Crippen LogP contribution in [0, 0.1) is 5.41 Å². The van der Waals surface area contributed by atoms with E-state index >= 15 is 0 Å². The van der Waals surface area contributed by atoms with E-state index in [9.17, 15) is 4.79 Å². The highest BCUT2D eigenvalue weighted by molar-refractivity contribution is 5.92. The molecule has 2 aliphatic rings. The van der Waals surface area contributed by atoms with Crippen molar-refractivity contribution in [1.29, 1.82) is 0 Å². The minimum atomic E-state index is -0.128. The molecular formula is C27H37N3O3. The predicted octanol–water partition coefficient (Wildman–Crippen LogP) is 4.06. The van der Waals surface area contributed by atoms with Gasteiger partial charge < -0.3 is 20.1 Å². The van der Waals surface area contributed by atoms with Crippen molar-refractivity contribution in [1.82, 2.24) is 15.6 Å². The third-order valence-corrected chi connectivity index (χ3v) is 6.25. The number of hydrogen-bond acceptors (Lipinski definition) is 5. The van der Waals surface area contributed by atoms with Crippen LogP contribution in [-0.4, -0.2) is 42.8 Å². The number of aryl methyl sites for hydroxylation is 1. The zero-order valence-electron chi connectivity index (χ0n) is 20.2. The maximum atomic E-state index is 12.7. The Hall–Kier alpha value is -2.44. The fraction of sp³-hybridized carbons (Fsp3) is 0.556. The zero-order chi connectivity index (χ0) is 23.3. The van der Waals surface area contributed by atoms with Crippen molar-refractivity contribution in [2.45, 2.75) is 71.6 Å². The van der Waals surface area contributed by atoms with Crippen molar-refractivity contribution in [3.63, 3.8) is 0 Å². The summed E-state index contributed by atoms with van der Waals surface area (Å²) in [7, 11) is 0. The van der Waals surface area contributed by atoms with E-state index in [-0.39, 0.29) is 23.5 Å². The topological polar surface area (TPSA) is 72.5 Å². The lowest BCUT2D eigenvalue weighted by molar-refractivity contribution is 0.0678. The summed E-state index contributed by atoms with van der Waals surface area (Å²) >= 11 is 0. The molecule has 2 aromatic rings. The Labute approximate surface area is 197 Å². The van der Waals surface area contributed by atoms with Crippen LogP contribution in [0.3, 0.4) is 0 Å². The SMILES string of the molecule is CC(C)(C)CNCc1ccc2c(c1)CC[C@H](NC(=O)c1ccc(OC[C@@H]3CCCO3)cn1)C2. The van der Waals surface area contributed by atoms with Gasteiger partial charge in [0.15, 0.2) is 0 Å². The molecule has 1 fully saturated rings. The monoisotopic (exact) mass is 451 g/mol. The minimum Gasteiger partial charge on any atom is -0.489 e. The molecule has 0 saturated carbocycles. The van der Waals surface area contributed by atoms with Crippen LogP contribution in [0.2, 0.25) is 0 Å². The quantitative estimate of drug-likeness (QED) is 0.633. The molecule has 6 nitrogen and oxygen atoms in total. The molecule has 1 aliphatic heterocycles. The standard InChI is InChI=1S/C27H37N3O3/c1-27(2,3)18-28-15-19-6-7-21-14-22(9-8-20(21)13-19)30-26(31)25-11-10-23(16-29-25)33-17-24-5-4-12-32-24/h6-7,10-11,13,16,22,24,28H,4-5,8-9,12,14-15,17-18H2,1-3H3,(H,30,31)/t22-,24-/m0/s1. The molecule has 2 heterocycles.